The number of unbranched alkanes of at least 4 members (excludes halogenated alkanes) is 1. The van der Waals surface area contributed by atoms with Crippen molar-refractivity contribution in [2.45, 2.75) is 19.4 Å². The zero-order valence-corrected chi connectivity index (χ0v) is 9.98. The van der Waals surface area contributed by atoms with Crippen LogP contribution in [0.1, 0.15) is 18.4 Å². The molecule has 0 saturated carbocycles. The highest BCUT2D eigenvalue weighted by molar-refractivity contribution is 5.13. The third kappa shape index (κ3) is 5.88. The fourth-order valence-electron chi connectivity index (χ4n) is 1.44. The number of allylic oxidation sites excluding steroid dienone is 1. The number of benzene rings is 1. The standard InChI is InChI=1S/C12H18NO2.ClH/c1-2-3-7-10-13(14,15)11-12-8-5-4-6-9-12;/h2,4-6,8-9,14-15H,1,3,7,10-11H2;1H/q+1;/p-1. The Labute approximate surface area is 103 Å². The summed E-state index contributed by atoms with van der Waals surface area (Å²) in [5.74, 6) is 0. The molecule has 4 heteroatoms. The summed E-state index contributed by atoms with van der Waals surface area (Å²) in [7, 11) is 0. The van der Waals surface area contributed by atoms with Crippen molar-refractivity contribution >= 4 is 0 Å². The molecule has 3 nitrogen and oxygen atoms in total. The summed E-state index contributed by atoms with van der Waals surface area (Å²) in [6, 6.07) is 9.45. The first-order valence-electron chi connectivity index (χ1n) is 5.11. The molecule has 16 heavy (non-hydrogen) atoms. The van der Waals surface area contributed by atoms with Crippen molar-refractivity contribution in [2.75, 3.05) is 6.54 Å². The molecule has 0 spiro atoms. The lowest BCUT2D eigenvalue weighted by atomic mass is 10.2. The van der Waals surface area contributed by atoms with Crippen molar-refractivity contribution in [3.8, 4) is 0 Å². The Balaban J connectivity index is 0.00000225. The molecule has 1 rings (SSSR count). The van der Waals surface area contributed by atoms with E-state index in [-0.39, 0.29) is 19.0 Å². The van der Waals surface area contributed by atoms with Crippen molar-refractivity contribution in [1.82, 2.24) is 0 Å². The van der Waals surface area contributed by atoms with Gasteiger partial charge in [0.15, 0.2) is 6.54 Å². The molecule has 0 aliphatic rings. The van der Waals surface area contributed by atoms with Crippen molar-refractivity contribution in [3.63, 3.8) is 0 Å². The third-order valence-electron chi connectivity index (χ3n) is 2.20. The van der Waals surface area contributed by atoms with Gasteiger partial charge < -0.3 is 12.4 Å². The van der Waals surface area contributed by atoms with Crippen LogP contribution < -0.4 is 12.4 Å². The Hall–Kier alpha value is -0.870. The second-order valence-electron chi connectivity index (χ2n) is 3.68. The van der Waals surface area contributed by atoms with Gasteiger partial charge in [-0.05, 0) is 11.2 Å². The van der Waals surface area contributed by atoms with Crippen LogP contribution >= 0.6 is 0 Å². The Morgan fingerprint density at radius 1 is 1.19 bits per heavy atom. The van der Waals surface area contributed by atoms with Crippen molar-refractivity contribution in [2.24, 2.45) is 0 Å². The zero-order chi connectivity index (χ0) is 11.1. The normalized spacial score (nSPS) is 10.6. The molecule has 0 aromatic heterocycles. The molecule has 0 radical (unpaired) electrons. The molecule has 0 atom stereocenters. The van der Waals surface area contributed by atoms with Crippen LogP contribution in [0.5, 0.6) is 0 Å². The van der Waals surface area contributed by atoms with Crippen LogP contribution in [0, 0.1) is 0 Å². The van der Waals surface area contributed by atoms with Gasteiger partial charge >= 0.3 is 0 Å². The van der Waals surface area contributed by atoms with Crippen LogP contribution in [-0.2, 0) is 6.54 Å². The zero-order valence-electron chi connectivity index (χ0n) is 9.22. The molecular formula is C12H18ClNO2. The molecule has 0 heterocycles. The molecule has 0 bridgehead atoms. The molecule has 2 N–H and O–H groups in total. The highest BCUT2D eigenvalue weighted by Crippen LogP contribution is 2.09. The largest absolute Gasteiger partial charge is 1.00 e. The molecule has 0 aliphatic heterocycles. The van der Waals surface area contributed by atoms with Gasteiger partial charge in [-0.25, -0.2) is 0 Å². The highest BCUT2D eigenvalue weighted by atomic mass is 35.5. The molecule has 1 aromatic carbocycles. The monoisotopic (exact) mass is 243 g/mol. The smallest absolute Gasteiger partial charge is 0.167 e. The number of hydrogen-bond acceptors (Lipinski definition) is 2. The first kappa shape index (κ1) is 15.1. The minimum Gasteiger partial charge on any atom is -1.00 e. The summed E-state index contributed by atoms with van der Waals surface area (Å²) in [5.41, 5.74) is 0.918. The fraction of sp³-hybridized carbons (Fsp3) is 0.333. The first-order valence-corrected chi connectivity index (χ1v) is 5.11. The van der Waals surface area contributed by atoms with Gasteiger partial charge in [-0.3, -0.25) is 0 Å². The second-order valence-corrected chi connectivity index (χ2v) is 3.68. The predicted molar refractivity (Wildman–Crippen MR) is 58.3 cm³/mol. The molecule has 90 valence electrons. The Kier molecular flexibility index (Phi) is 7.01. The van der Waals surface area contributed by atoms with Crippen LogP contribution in [-0.4, -0.2) is 21.8 Å². The van der Waals surface area contributed by atoms with E-state index >= 15 is 0 Å². The Morgan fingerprint density at radius 3 is 2.38 bits per heavy atom. The average molecular weight is 244 g/mol. The minimum atomic E-state index is -0.947. The van der Waals surface area contributed by atoms with E-state index in [1.165, 1.54) is 0 Å². The summed E-state index contributed by atoms with van der Waals surface area (Å²) in [6.45, 7) is 4.13. The fourth-order valence-corrected chi connectivity index (χ4v) is 1.44. The average Bonchev–Trinajstić information content (AvgIpc) is 2.18. The quantitative estimate of drug-likeness (QED) is 0.313. The first-order chi connectivity index (χ1) is 7.14. The second kappa shape index (κ2) is 7.41. The van der Waals surface area contributed by atoms with Crippen LogP contribution in [0.4, 0.5) is 0 Å². The number of halogens is 1. The number of nitrogens with zero attached hydrogens (tertiary/aromatic N) is 1. The van der Waals surface area contributed by atoms with Gasteiger partial charge in [0.2, 0.25) is 0 Å². The van der Waals surface area contributed by atoms with Crippen LogP contribution in [0.3, 0.4) is 0 Å². The van der Waals surface area contributed by atoms with Crippen molar-refractivity contribution in [1.29, 1.82) is 0 Å². The lowest BCUT2D eigenvalue weighted by Gasteiger charge is -2.21. The maximum Gasteiger partial charge on any atom is 0.167 e. The number of rotatable bonds is 6. The van der Waals surface area contributed by atoms with Crippen molar-refractivity contribution in [3.05, 3.63) is 48.6 Å². The van der Waals surface area contributed by atoms with E-state index in [4.69, 9.17) is 0 Å². The summed E-state index contributed by atoms with van der Waals surface area (Å²) in [4.78, 5) is -0.947. The minimum absolute atomic E-state index is 0. The van der Waals surface area contributed by atoms with E-state index in [9.17, 15) is 10.4 Å². The van der Waals surface area contributed by atoms with Gasteiger partial charge in [-0.2, -0.15) is 10.4 Å². The summed E-state index contributed by atoms with van der Waals surface area (Å²) >= 11 is 0. The van der Waals surface area contributed by atoms with Gasteiger partial charge in [-0.15, -0.1) is 6.58 Å². The molecule has 1 aromatic rings. The lowest BCUT2D eigenvalue weighted by Crippen LogP contribution is -3.00. The molecular weight excluding hydrogens is 226 g/mol. The summed E-state index contributed by atoms with van der Waals surface area (Å²) in [5, 5.41) is 19.3. The van der Waals surface area contributed by atoms with Crippen LogP contribution in [0.2, 0.25) is 0 Å². The van der Waals surface area contributed by atoms with Crippen LogP contribution in [0.15, 0.2) is 43.0 Å². The van der Waals surface area contributed by atoms with Crippen LogP contribution in [0.25, 0.3) is 0 Å². The van der Waals surface area contributed by atoms with Gasteiger partial charge in [0, 0.05) is 12.0 Å². The number of hydrogen-bond donors (Lipinski definition) is 2. The topological polar surface area (TPSA) is 40.5 Å². The van der Waals surface area contributed by atoms with Gasteiger partial charge in [0.1, 0.15) is 6.54 Å². The summed E-state index contributed by atoms with van der Waals surface area (Å²) in [6.07, 6.45) is 3.31. The van der Waals surface area contributed by atoms with Gasteiger partial charge in [-0.1, -0.05) is 36.4 Å². The predicted octanol–water partition coefficient (Wildman–Crippen LogP) is -0.248. The molecule has 0 amide bonds. The van der Waals surface area contributed by atoms with E-state index in [0.29, 0.717) is 6.54 Å². The maximum atomic E-state index is 9.65. The maximum absolute atomic E-state index is 9.65. The lowest BCUT2D eigenvalue weighted by molar-refractivity contribution is -1.25. The third-order valence-corrected chi connectivity index (χ3v) is 2.20. The van der Waals surface area contributed by atoms with Crippen molar-refractivity contribution < 1.29 is 27.6 Å². The highest BCUT2D eigenvalue weighted by Gasteiger charge is 2.22. The van der Waals surface area contributed by atoms with Gasteiger partial charge in [0.05, 0.1) is 0 Å². The summed E-state index contributed by atoms with van der Waals surface area (Å²) < 4.78 is 0. The molecule has 0 unspecified atom stereocenters. The van der Waals surface area contributed by atoms with E-state index in [0.717, 1.165) is 18.4 Å². The number of quaternary nitrogens is 1. The molecule has 0 aliphatic carbocycles. The van der Waals surface area contributed by atoms with E-state index in [1.54, 1.807) is 6.08 Å². The molecule has 0 saturated heterocycles. The SMILES string of the molecule is C=CCCC[N+](O)(O)Cc1ccccc1.[Cl-]. The van der Waals surface area contributed by atoms with Gasteiger partial charge in [0.25, 0.3) is 0 Å². The van der Waals surface area contributed by atoms with E-state index in [1.807, 2.05) is 30.3 Å². The Morgan fingerprint density at radius 2 is 1.81 bits per heavy atom. The number of hydroxylamine groups is 4. The van der Waals surface area contributed by atoms with E-state index in [2.05, 4.69) is 6.58 Å². The molecule has 0 fully saturated rings. The Bertz CT molecular complexity index is 301. The van der Waals surface area contributed by atoms with E-state index < -0.39 is 4.81 Å².